The van der Waals surface area contributed by atoms with Gasteiger partial charge in [0.15, 0.2) is 0 Å². The molecule has 0 radical (unpaired) electrons. The molecule has 0 bridgehead atoms. The lowest BCUT2D eigenvalue weighted by Crippen LogP contribution is -2.50. The van der Waals surface area contributed by atoms with Crippen molar-refractivity contribution >= 4 is 12.0 Å². The van der Waals surface area contributed by atoms with E-state index >= 15 is 0 Å². The number of nitrogens with zero attached hydrogens (tertiary/aromatic N) is 1. The largest absolute Gasteiger partial charge is 0.481 e. The molecule has 6 nitrogen and oxygen atoms in total. The number of carboxylic acid groups (broad SMARTS) is 1. The Kier molecular flexibility index (Phi) is 7.25. The van der Waals surface area contributed by atoms with Crippen LogP contribution in [0, 0.1) is 5.92 Å². The maximum absolute atomic E-state index is 11.8. The first kappa shape index (κ1) is 15.8. The predicted octanol–water partition coefficient (Wildman–Crippen LogP) is 0.882. The molecular weight excluding hydrogens is 246 g/mol. The maximum atomic E-state index is 11.8. The summed E-state index contributed by atoms with van der Waals surface area (Å²) in [5, 5.41) is 14.8. The zero-order chi connectivity index (χ0) is 14.1. The molecular formula is C13H25N3O3. The number of rotatable bonds is 7. The minimum atomic E-state index is -0.747. The number of nitrogens with one attached hydrogen (secondary N) is 2. The fourth-order valence-electron chi connectivity index (χ4n) is 2.24. The van der Waals surface area contributed by atoms with E-state index in [9.17, 15) is 9.59 Å². The fourth-order valence-corrected chi connectivity index (χ4v) is 2.24. The van der Waals surface area contributed by atoms with Crippen molar-refractivity contribution in [3.05, 3.63) is 0 Å². The number of urea groups is 1. The summed E-state index contributed by atoms with van der Waals surface area (Å²) in [5.41, 5.74) is 0. The second-order valence-electron chi connectivity index (χ2n) is 4.96. The molecule has 0 saturated carbocycles. The van der Waals surface area contributed by atoms with Crippen molar-refractivity contribution in [3.63, 3.8) is 0 Å². The number of piperazine rings is 1. The van der Waals surface area contributed by atoms with Gasteiger partial charge in [0.2, 0.25) is 0 Å². The van der Waals surface area contributed by atoms with Crippen molar-refractivity contribution in [2.75, 3.05) is 32.7 Å². The summed E-state index contributed by atoms with van der Waals surface area (Å²) in [5.74, 6) is -0.372. The van der Waals surface area contributed by atoms with Crippen LogP contribution < -0.4 is 10.6 Å². The van der Waals surface area contributed by atoms with Gasteiger partial charge >= 0.3 is 12.0 Å². The Balaban J connectivity index is 2.16. The van der Waals surface area contributed by atoms with E-state index in [0.29, 0.717) is 18.9 Å². The van der Waals surface area contributed by atoms with Gasteiger partial charge in [-0.15, -0.1) is 0 Å². The third-order valence-corrected chi connectivity index (χ3v) is 3.58. The fraction of sp³-hybridized carbons (Fsp3) is 0.846. The van der Waals surface area contributed by atoms with Gasteiger partial charge in [0, 0.05) is 39.1 Å². The molecule has 1 saturated heterocycles. The zero-order valence-electron chi connectivity index (χ0n) is 11.7. The summed E-state index contributed by atoms with van der Waals surface area (Å²) in [6.45, 7) is 5.89. The molecule has 6 heteroatoms. The van der Waals surface area contributed by atoms with Crippen LogP contribution >= 0.6 is 0 Å². The van der Waals surface area contributed by atoms with Gasteiger partial charge in [0.1, 0.15) is 0 Å². The van der Waals surface area contributed by atoms with E-state index < -0.39 is 5.97 Å². The topological polar surface area (TPSA) is 81.7 Å². The molecule has 110 valence electrons. The van der Waals surface area contributed by atoms with E-state index in [0.717, 1.165) is 39.0 Å². The smallest absolute Gasteiger partial charge is 0.317 e. The Morgan fingerprint density at radius 2 is 2.00 bits per heavy atom. The molecule has 1 heterocycles. The first-order valence-electron chi connectivity index (χ1n) is 7.08. The van der Waals surface area contributed by atoms with Crippen LogP contribution in [0.5, 0.6) is 0 Å². The summed E-state index contributed by atoms with van der Waals surface area (Å²) < 4.78 is 0. The number of carbonyl (C=O) groups excluding carboxylic acids is 1. The van der Waals surface area contributed by atoms with E-state index in [1.807, 2.05) is 4.90 Å². The number of aliphatic carboxylic acids is 1. The Morgan fingerprint density at radius 3 is 2.58 bits per heavy atom. The van der Waals surface area contributed by atoms with Crippen LogP contribution in [0.2, 0.25) is 0 Å². The quantitative estimate of drug-likeness (QED) is 0.642. The van der Waals surface area contributed by atoms with Crippen LogP contribution in [0.1, 0.15) is 32.6 Å². The Morgan fingerprint density at radius 1 is 1.32 bits per heavy atom. The highest BCUT2D eigenvalue weighted by Gasteiger charge is 2.16. The molecule has 3 N–H and O–H groups in total. The van der Waals surface area contributed by atoms with Crippen molar-refractivity contribution in [3.8, 4) is 0 Å². The van der Waals surface area contributed by atoms with Gasteiger partial charge in [-0.05, 0) is 18.8 Å². The average Bonchev–Trinajstić information content (AvgIpc) is 2.43. The summed E-state index contributed by atoms with van der Waals surface area (Å²) >= 11 is 0. The van der Waals surface area contributed by atoms with E-state index in [1.165, 1.54) is 0 Å². The van der Waals surface area contributed by atoms with Crippen LogP contribution in [0.4, 0.5) is 4.79 Å². The molecule has 1 fully saturated rings. The molecule has 1 rings (SSSR count). The summed E-state index contributed by atoms with van der Waals surface area (Å²) in [7, 11) is 0. The van der Waals surface area contributed by atoms with Crippen LogP contribution in [0.25, 0.3) is 0 Å². The van der Waals surface area contributed by atoms with Gasteiger partial charge in [-0.25, -0.2) is 4.79 Å². The predicted molar refractivity (Wildman–Crippen MR) is 73.1 cm³/mol. The molecule has 1 unspecified atom stereocenters. The van der Waals surface area contributed by atoms with E-state index in [4.69, 9.17) is 5.11 Å². The van der Waals surface area contributed by atoms with Crippen LogP contribution in [0.15, 0.2) is 0 Å². The molecule has 0 aliphatic carbocycles. The van der Waals surface area contributed by atoms with Gasteiger partial charge in [-0.2, -0.15) is 0 Å². The Labute approximate surface area is 114 Å². The number of hydrogen-bond donors (Lipinski definition) is 3. The number of carboxylic acids is 1. The molecule has 0 aromatic rings. The van der Waals surface area contributed by atoms with Crippen molar-refractivity contribution in [2.24, 2.45) is 5.92 Å². The molecule has 0 spiro atoms. The molecule has 1 aliphatic heterocycles. The first-order chi connectivity index (χ1) is 9.13. The minimum Gasteiger partial charge on any atom is -0.481 e. The van der Waals surface area contributed by atoms with Gasteiger partial charge < -0.3 is 20.6 Å². The molecule has 0 aromatic heterocycles. The lowest BCUT2D eigenvalue weighted by Gasteiger charge is -2.27. The monoisotopic (exact) mass is 271 g/mol. The number of carbonyl (C=O) groups is 2. The number of hydrogen-bond acceptors (Lipinski definition) is 3. The van der Waals surface area contributed by atoms with Crippen molar-refractivity contribution in [1.82, 2.24) is 15.5 Å². The van der Waals surface area contributed by atoms with Gasteiger partial charge in [-0.1, -0.05) is 13.3 Å². The lowest BCUT2D eigenvalue weighted by molar-refractivity contribution is -0.137. The zero-order valence-corrected chi connectivity index (χ0v) is 11.7. The summed E-state index contributed by atoms with van der Waals surface area (Å²) in [6.07, 6.45) is 2.71. The van der Waals surface area contributed by atoms with Gasteiger partial charge in [0.05, 0.1) is 0 Å². The van der Waals surface area contributed by atoms with Crippen molar-refractivity contribution in [2.45, 2.75) is 32.6 Å². The standard InChI is InChI=1S/C13H25N3O3/c1-2-11(3-4-12(17)18)5-6-15-13(19)16-9-7-14-8-10-16/h11,14H,2-10H2,1H3,(H,15,19)(H,17,18). The third-order valence-electron chi connectivity index (χ3n) is 3.58. The average molecular weight is 271 g/mol. The third kappa shape index (κ3) is 6.42. The van der Waals surface area contributed by atoms with Gasteiger partial charge in [0.25, 0.3) is 0 Å². The van der Waals surface area contributed by atoms with E-state index in [2.05, 4.69) is 17.6 Å². The normalized spacial score (nSPS) is 17.0. The number of amides is 2. The van der Waals surface area contributed by atoms with Crippen molar-refractivity contribution in [1.29, 1.82) is 0 Å². The van der Waals surface area contributed by atoms with Crippen molar-refractivity contribution < 1.29 is 14.7 Å². The molecule has 0 aromatic carbocycles. The maximum Gasteiger partial charge on any atom is 0.317 e. The second-order valence-corrected chi connectivity index (χ2v) is 4.96. The molecule has 2 amide bonds. The summed E-state index contributed by atoms with van der Waals surface area (Å²) in [4.78, 5) is 24.2. The highest BCUT2D eigenvalue weighted by molar-refractivity contribution is 5.74. The lowest BCUT2D eigenvalue weighted by atomic mass is 9.97. The van der Waals surface area contributed by atoms with Crippen LogP contribution in [-0.2, 0) is 4.79 Å². The van der Waals surface area contributed by atoms with Crippen LogP contribution in [-0.4, -0.2) is 54.7 Å². The van der Waals surface area contributed by atoms with Crippen LogP contribution in [0.3, 0.4) is 0 Å². The second kappa shape index (κ2) is 8.74. The Bertz CT molecular complexity index is 291. The SMILES string of the molecule is CCC(CCNC(=O)N1CCNCC1)CCC(=O)O. The molecule has 1 atom stereocenters. The highest BCUT2D eigenvalue weighted by atomic mass is 16.4. The highest BCUT2D eigenvalue weighted by Crippen LogP contribution is 2.14. The molecule has 1 aliphatic rings. The summed E-state index contributed by atoms with van der Waals surface area (Å²) in [6, 6.07) is -0.00501. The van der Waals surface area contributed by atoms with E-state index in [1.54, 1.807) is 0 Å². The Hall–Kier alpha value is -1.30. The molecule has 19 heavy (non-hydrogen) atoms. The minimum absolute atomic E-state index is 0.00501. The first-order valence-corrected chi connectivity index (χ1v) is 7.08. The van der Waals surface area contributed by atoms with E-state index in [-0.39, 0.29) is 12.5 Å². The van der Waals surface area contributed by atoms with Gasteiger partial charge in [-0.3, -0.25) is 4.79 Å².